The van der Waals surface area contributed by atoms with Crippen molar-refractivity contribution in [1.82, 2.24) is 0 Å². The van der Waals surface area contributed by atoms with Gasteiger partial charge in [0.1, 0.15) is 0 Å². The fourth-order valence-corrected chi connectivity index (χ4v) is 5.48. The molecule has 2 nitrogen and oxygen atoms in total. The van der Waals surface area contributed by atoms with E-state index in [1.54, 1.807) is 18.2 Å². The van der Waals surface area contributed by atoms with Crippen molar-refractivity contribution in [2.75, 3.05) is 0 Å². The van der Waals surface area contributed by atoms with Crippen LogP contribution in [-0.2, 0) is 34.9 Å². The van der Waals surface area contributed by atoms with Crippen LogP contribution in [0, 0.1) is 0 Å². The summed E-state index contributed by atoms with van der Waals surface area (Å²) in [6, 6.07) is 14.5. The molecule has 0 saturated carbocycles. The van der Waals surface area contributed by atoms with Crippen LogP contribution in [0.3, 0.4) is 0 Å². The molecule has 0 atom stereocenters. The molecule has 0 aromatic heterocycles. The Morgan fingerprint density at radius 2 is 1.44 bits per heavy atom. The van der Waals surface area contributed by atoms with Crippen molar-refractivity contribution in [3.63, 3.8) is 0 Å². The predicted octanol–water partition coefficient (Wildman–Crippen LogP) is 4.62. The fourth-order valence-electron chi connectivity index (χ4n) is 2.36. The van der Waals surface area contributed by atoms with Gasteiger partial charge in [0.25, 0.3) is 0 Å². The molecule has 0 saturated heterocycles. The predicted molar refractivity (Wildman–Crippen MR) is 96.4 cm³/mol. The molecule has 2 aromatic rings. The van der Waals surface area contributed by atoms with Gasteiger partial charge in [-0.3, -0.25) is 0 Å². The number of unbranched alkanes of at least 4 members (excludes halogenated alkanes) is 5. The molecule has 5 heteroatoms. The standard InChI is InChI=1S/C8H17.C6H4Cl.C6H4.2Co.2O/c1-3-5-7-8-6-4-2;7-6-4-2-1-3-5-6;1-2-4-6-5-3-1;;;;/h1,3-8H2,2H3;1-2,4-5H;1-2,5-6H;;;;. The summed E-state index contributed by atoms with van der Waals surface area (Å²) >= 11 is 2.99. The molecular formula is C20H25ClCo2O2. The SMILES string of the molecule is CCCCCCC[CH2][Co](=[O])[c]1cc[c]([Co](=[O])[c]2cccc(Cl)c2)cc1. The van der Waals surface area contributed by atoms with Crippen LogP contribution in [0.2, 0.25) is 10.4 Å². The van der Waals surface area contributed by atoms with Gasteiger partial charge in [0.05, 0.1) is 0 Å². The van der Waals surface area contributed by atoms with E-state index in [0.717, 1.165) is 27.2 Å². The van der Waals surface area contributed by atoms with Crippen molar-refractivity contribution in [3.8, 4) is 0 Å². The van der Waals surface area contributed by atoms with Gasteiger partial charge in [-0.25, -0.2) is 0 Å². The van der Waals surface area contributed by atoms with Gasteiger partial charge in [-0.05, 0) is 0 Å². The Kier molecular flexibility index (Phi) is 9.20. The van der Waals surface area contributed by atoms with Gasteiger partial charge >= 0.3 is 164 Å². The summed E-state index contributed by atoms with van der Waals surface area (Å²) in [4.78, 5) is 0. The van der Waals surface area contributed by atoms with Crippen LogP contribution < -0.4 is 13.5 Å². The summed E-state index contributed by atoms with van der Waals surface area (Å²) < 4.78 is 27.3. The van der Waals surface area contributed by atoms with Crippen LogP contribution in [-0.4, -0.2) is 0 Å². The molecule has 2 aromatic carbocycles. The van der Waals surface area contributed by atoms with Crippen LogP contribution in [0.4, 0.5) is 0 Å². The number of hydrogen-bond donors (Lipinski definition) is 0. The molecule has 0 N–H and O–H groups in total. The Morgan fingerprint density at radius 1 is 0.800 bits per heavy atom. The minimum atomic E-state index is -1.64. The first kappa shape index (κ1) is 20.7. The van der Waals surface area contributed by atoms with E-state index in [1.807, 2.05) is 30.3 Å². The molecule has 0 aliphatic carbocycles. The molecule has 2 rings (SSSR count). The van der Waals surface area contributed by atoms with E-state index in [0.29, 0.717) is 9.52 Å². The van der Waals surface area contributed by atoms with Crippen LogP contribution >= 0.6 is 11.6 Å². The maximum atomic E-state index is 12.6. The third-order valence-corrected chi connectivity index (χ3v) is 7.59. The second kappa shape index (κ2) is 11.1. The fraction of sp³-hybridized carbons (Fsp3) is 0.400. The van der Waals surface area contributed by atoms with E-state index in [4.69, 9.17) is 11.6 Å². The molecule has 0 spiro atoms. The normalized spacial score (nSPS) is 12.1. The Bertz CT molecular complexity index is 714. The number of hydrogen-bond acceptors (Lipinski definition) is 2. The van der Waals surface area contributed by atoms with Crippen molar-refractivity contribution in [2.24, 2.45) is 0 Å². The maximum absolute atomic E-state index is 12.6. The van der Waals surface area contributed by atoms with E-state index in [2.05, 4.69) is 6.92 Å². The van der Waals surface area contributed by atoms with Gasteiger partial charge in [-0.2, -0.15) is 0 Å². The Balaban J connectivity index is 1.88. The van der Waals surface area contributed by atoms with Gasteiger partial charge < -0.3 is 0 Å². The minimum absolute atomic E-state index is 0.582. The monoisotopic (exact) mass is 450 g/mol. The zero-order valence-corrected chi connectivity index (χ0v) is 17.3. The van der Waals surface area contributed by atoms with Gasteiger partial charge in [-0.1, -0.05) is 0 Å². The van der Waals surface area contributed by atoms with Crippen molar-refractivity contribution in [3.05, 3.63) is 53.6 Å². The number of halogens is 1. The first-order chi connectivity index (χ1) is 12.1. The van der Waals surface area contributed by atoms with Crippen molar-refractivity contribution < 1.29 is 34.9 Å². The van der Waals surface area contributed by atoms with Crippen molar-refractivity contribution in [1.29, 1.82) is 0 Å². The van der Waals surface area contributed by atoms with Crippen LogP contribution in [0.1, 0.15) is 45.4 Å². The van der Waals surface area contributed by atoms with Gasteiger partial charge in [0.2, 0.25) is 0 Å². The first-order valence-corrected chi connectivity index (χ1v) is 12.1. The molecule has 0 aliphatic rings. The molecule has 142 valence electrons. The van der Waals surface area contributed by atoms with Gasteiger partial charge in [0.15, 0.2) is 0 Å². The molecule has 25 heavy (non-hydrogen) atoms. The molecule has 0 bridgehead atoms. The average Bonchev–Trinajstić information content (AvgIpc) is 2.64. The molecule has 0 aliphatic heterocycles. The van der Waals surface area contributed by atoms with Crippen LogP contribution in [0.25, 0.3) is 0 Å². The van der Waals surface area contributed by atoms with E-state index < -0.39 is 27.2 Å². The molecule has 0 heterocycles. The quantitative estimate of drug-likeness (QED) is 0.495. The second-order valence-electron chi connectivity index (χ2n) is 5.73. The van der Waals surface area contributed by atoms with Crippen LogP contribution in [0.15, 0.2) is 48.5 Å². The van der Waals surface area contributed by atoms with E-state index in [1.165, 1.54) is 25.7 Å². The Morgan fingerprint density at radius 3 is 2.12 bits per heavy atom. The van der Waals surface area contributed by atoms with Crippen molar-refractivity contribution >= 4 is 25.1 Å². The summed E-state index contributed by atoms with van der Waals surface area (Å²) in [5.74, 6) is 0. The Hall–Kier alpha value is -0.657. The third-order valence-electron chi connectivity index (χ3n) is 3.73. The van der Waals surface area contributed by atoms with Gasteiger partial charge in [-0.15, -0.1) is 0 Å². The van der Waals surface area contributed by atoms with E-state index >= 15 is 0 Å². The zero-order chi connectivity index (χ0) is 18.1. The number of benzene rings is 2. The van der Waals surface area contributed by atoms with Crippen molar-refractivity contribution in [2.45, 2.75) is 50.8 Å². The van der Waals surface area contributed by atoms with E-state index in [-0.39, 0.29) is 0 Å². The molecule has 0 fully saturated rings. The first-order valence-electron chi connectivity index (χ1n) is 8.55. The number of rotatable bonds is 10. The van der Waals surface area contributed by atoms with E-state index in [9.17, 15) is 7.73 Å². The molecule has 0 unspecified atom stereocenters. The molecule has 0 radical (unpaired) electrons. The third kappa shape index (κ3) is 6.87. The van der Waals surface area contributed by atoms with Crippen LogP contribution in [0.5, 0.6) is 0 Å². The molecule has 0 amide bonds. The molecular weight excluding hydrogens is 426 g/mol. The average molecular weight is 451 g/mol. The van der Waals surface area contributed by atoms with Gasteiger partial charge in [0, 0.05) is 0 Å². The Labute approximate surface area is 163 Å². The summed E-state index contributed by atoms with van der Waals surface area (Å²) in [5.41, 5.74) is 0. The summed E-state index contributed by atoms with van der Waals surface area (Å²) in [5, 5.41) is 1.32. The summed E-state index contributed by atoms with van der Waals surface area (Å²) in [6.07, 6.45) is 7.21. The summed E-state index contributed by atoms with van der Waals surface area (Å²) in [6.45, 7) is 2.21. The second-order valence-corrected chi connectivity index (χ2v) is 10.1. The summed E-state index contributed by atoms with van der Waals surface area (Å²) in [7, 11) is 0. The topological polar surface area (TPSA) is 34.1 Å². The zero-order valence-electron chi connectivity index (χ0n) is 14.4.